The summed E-state index contributed by atoms with van der Waals surface area (Å²) in [5, 5.41) is 3.31. The molecule has 31 heavy (non-hydrogen) atoms. The lowest BCUT2D eigenvalue weighted by molar-refractivity contribution is -0.136. The maximum atomic E-state index is 14.4. The summed E-state index contributed by atoms with van der Waals surface area (Å²) in [6.45, 7) is 0. The first-order valence-electron chi connectivity index (χ1n) is 10.2. The van der Waals surface area contributed by atoms with Crippen molar-refractivity contribution in [2.75, 3.05) is 0 Å². The fourth-order valence-corrected chi connectivity index (χ4v) is 4.51. The van der Waals surface area contributed by atoms with E-state index < -0.39 is 28.8 Å². The summed E-state index contributed by atoms with van der Waals surface area (Å²) in [4.78, 5) is 27.0. The van der Waals surface area contributed by atoms with Crippen LogP contribution >= 0.6 is 0 Å². The van der Waals surface area contributed by atoms with Gasteiger partial charge in [-0.15, -0.1) is 0 Å². The number of carbonyl (C=O) groups excluding carboxylic acids is 2. The lowest BCUT2D eigenvalue weighted by atomic mass is 9.74. The molecular formula is C23H20F3N3O2. The van der Waals surface area contributed by atoms with Crippen LogP contribution < -0.4 is 11.1 Å². The Morgan fingerprint density at radius 1 is 1.03 bits per heavy atom. The molecule has 1 heterocycles. The van der Waals surface area contributed by atoms with Crippen molar-refractivity contribution in [2.45, 2.75) is 37.6 Å². The number of aromatic amines is 1. The van der Waals surface area contributed by atoms with Crippen molar-refractivity contribution in [3.8, 4) is 11.3 Å². The highest BCUT2D eigenvalue weighted by atomic mass is 19.1. The Labute approximate surface area is 175 Å². The summed E-state index contributed by atoms with van der Waals surface area (Å²) in [5.41, 5.74) is 6.46. The third-order valence-corrected chi connectivity index (χ3v) is 6.54. The van der Waals surface area contributed by atoms with E-state index in [4.69, 9.17) is 5.73 Å². The van der Waals surface area contributed by atoms with Crippen LogP contribution in [-0.2, 0) is 9.59 Å². The quantitative estimate of drug-likeness (QED) is 0.540. The molecule has 8 heteroatoms. The van der Waals surface area contributed by atoms with Gasteiger partial charge in [-0.05, 0) is 73.1 Å². The number of nitrogens with one attached hydrogen (secondary N) is 2. The molecule has 0 bridgehead atoms. The van der Waals surface area contributed by atoms with Gasteiger partial charge in [-0.3, -0.25) is 9.59 Å². The molecule has 0 radical (unpaired) electrons. The van der Waals surface area contributed by atoms with Crippen molar-refractivity contribution in [3.63, 3.8) is 0 Å². The van der Waals surface area contributed by atoms with Crippen LogP contribution in [0.15, 0.2) is 36.4 Å². The predicted octanol–water partition coefficient (Wildman–Crippen LogP) is 3.88. The largest absolute Gasteiger partial charge is 0.369 e. The molecule has 0 unspecified atom stereocenters. The van der Waals surface area contributed by atoms with Crippen molar-refractivity contribution in [3.05, 3.63) is 59.4 Å². The topological polar surface area (TPSA) is 88.0 Å². The Morgan fingerprint density at radius 2 is 1.71 bits per heavy atom. The predicted molar refractivity (Wildman–Crippen MR) is 108 cm³/mol. The van der Waals surface area contributed by atoms with Crippen LogP contribution in [0.3, 0.4) is 0 Å². The SMILES string of the molecule is NC(=O)C1(C(=O)N[C@H]2C[C@H](c3c(-c4ccc(F)cc4)[nH]c4c(F)cc(F)cc43)C2)CC1. The van der Waals surface area contributed by atoms with Gasteiger partial charge in [-0.25, -0.2) is 13.2 Å². The van der Waals surface area contributed by atoms with Crippen LogP contribution in [0.4, 0.5) is 13.2 Å². The van der Waals surface area contributed by atoms with Crippen molar-refractivity contribution in [2.24, 2.45) is 11.1 Å². The molecule has 2 saturated carbocycles. The molecule has 0 spiro atoms. The molecule has 1 aromatic heterocycles. The van der Waals surface area contributed by atoms with Gasteiger partial charge in [0, 0.05) is 17.5 Å². The van der Waals surface area contributed by atoms with Gasteiger partial charge >= 0.3 is 0 Å². The van der Waals surface area contributed by atoms with Crippen LogP contribution in [-0.4, -0.2) is 22.8 Å². The molecular weight excluding hydrogens is 407 g/mol. The molecule has 2 aliphatic carbocycles. The maximum Gasteiger partial charge on any atom is 0.235 e. The Kier molecular flexibility index (Phi) is 4.35. The molecule has 3 aromatic rings. The van der Waals surface area contributed by atoms with E-state index in [1.807, 2.05) is 0 Å². The number of carbonyl (C=O) groups is 2. The number of hydrogen-bond acceptors (Lipinski definition) is 2. The number of benzene rings is 2. The normalized spacial score (nSPS) is 21.5. The number of rotatable bonds is 5. The maximum absolute atomic E-state index is 14.4. The summed E-state index contributed by atoms with van der Waals surface area (Å²) < 4.78 is 41.8. The summed E-state index contributed by atoms with van der Waals surface area (Å²) in [5.74, 6) is -2.80. The van der Waals surface area contributed by atoms with Crippen LogP contribution in [0.2, 0.25) is 0 Å². The van der Waals surface area contributed by atoms with Crippen molar-refractivity contribution in [1.82, 2.24) is 10.3 Å². The van der Waals surface area contributed by atoms with E-state index in [-0.39, 0.29) is 23.4 Å². The highest BCUT2D eigenvalue weighted by molar-refractivity contribution is 6.07. The van der Waals surface area contributed by atoms with E-state index in [0.29, 0.717) is 42.3 Å². The summed E-state index contributed by atoms with van der Waals surface area (Å²) >= 11 is 0. The van der Waals surface area contributed by atoms with Gasteiger partial charge in [-0.2, -0.15) is 0 Å². The molecule has 5 nitrogen and oxygen atoms in total. The number of H-pyrrole nitrogens is 1. The number of amides is 2. The van der Waals surface area contributed by atoms with E-state index in [9.17, 15) is 22.8 Å². The van der Waals surface area contributed by atoms with Crippen LogP contribution in [0.5, 0.6) is 0 Å². The second-order valence-electron chi connectivity index (χ2n) is 8.52. The van der Waals surface area contributed by atoms with Crippen molar-refractivity contribution in [1.29, 1.82) is 0 Å². The fourth-order valence-electron chi connectivity index (χ4n) is 4.51. The van der Waals surface area contributed by atoms with E-state index in [0.717, 1.165) is 11.6 Å². The monoisotopic (exact) mass is 427 g/mol. The zero-order valence-corrected chi connectivity index (χ0v) is 16.5. The van der Waals surface area contributed by atoms with Gasteiger partial charge in [0.1, 0.15) is 22.9 Å². The lowest BCUT2D eigenvalue weighted by Crippen LogP contribution is -2.49. The first-order chi connectivity index (χ1) is 14.8. The van der Waals surface area contributed by atoms with E-state index in [2.05, 4.69) is 10.3 Å². The number of aromatic nitrogens is 1. The molecule has 160 valence electrons. The summed E-state index contributed by atoms with van der Waals surface area (Å²) in [6.07, 6.45) is 2.03. The number of primary amides is 1. The lowest BCUT2D eigenvalue weighted by Gasteiger charge is -2.37. The third-order valence-electron chi connectivity index (χ3n) is 6.54. The fraction of sp³-hybridized carbons (Fsp3) is 0.304. The van der Waals surface area contributed by atoms with Crippen LogP contribution in [0.25, 0.3) is 22.2 Å². The highest BCUT2D eigenvalue weighted by Gasteiger charge is 2.56. The number of fused-ring (bicyclic) bond motifs is 1. The van der Waals surface area contributed by atoms with Gasteiger partial charge in [0.15, 0.2) is 0 Å². The van der Waals surface area contributed by atoms with E-state index in [1.54, 1.807) is 12.1 Å². The first-order valence-corrected chi connectivity index (χ1v) is 10.2. The molecule has 0 atom stereocenters. The minimum absolute atomic E-state index is 0.0657. The number of halogens is 3. The van der Waals surface area contributed by atoms with Crippen molar-refractivity contribution < 1.29 is 22.8 Å². The van der Waals surface area contributed by atoms with Crippen LogP contribution in [0.1, 0.15) is 37.2 Å². The molecule has 0 saturated heterocycles. The molecule has 2 aromatic carbocycles. The van der Waals surface area contributed by atoms with Crippen molar-refractivity contribution >= 4 is 22.7 Å². The minimum Gasteiger partial charge on any atom is -0.369 e. The number of hydrogen-bond donors (Lipinski definition) is 3. The number of nitrogens with two attached hydrogens (primary N) is 1. The van der Waals surface area contributed by atoms with Crippen LogP contribution in [0, 0.1) is 22.9 Å². The molecule has 2 aliphatic rings. The zero-order chi connectivity index (χ0) is 21.9. The van der Waals surface area contributed by atoms with Gasteiger partial charge in [0.25, 0.3) is 0 Å². The molecule has 2 amide bonds. The Hall–Kier alpha value is -3.29. The van der Waals surface area contributed by atoms with E-state index >= 15 is 0 Å². The Bertz CT molecular complexity index is 1210. The van der Waals surface area contributed by atoms with Gasteiger partial charge in [0.05, 0.1) is 11.2 Å². The Balaban J connectivity index is 1.45. The second-order valence-corrected chi connectivity index (χ2v) is 8.52. The third kappa shape index (κ3) is 3.17. The van der Waals surface area contributed by atoms with Gasteiger partial charge in [0.2, 0.25) is 11.8 Å². The first kappa shape index (κ1) is 19.7. The van der Waals surface area contributed by atoms with E-state index in [1.165, 1.54) is 18.2 Å². The van der Waals surface area contributed by atoms with Gasteiger partial charge in [-0.1, -0.05) is 0 Å². The zero-order valence-electron chi connectivity index (χ0n) is 16.5. The smallest absolute Gasteiger partial charge is 0.235 e. The Morgan fingerprint density at radius 3 is 2.32 bits per heavy atom. The summed E-state index contributed by atoms with van der Waals surface area (Å²) in [6, 6.07) is 7.74. The van der Waals surface area contributed by atoms with Gasteiger partial charge < -0.3 is 16.0 Å². The highest BCUT2D eigenvalue weighted by Crippen LogP contribution is 2.48. The average Bonchev–Trinajstić information content (AvgIpc) is 3.42. The molecule has 2 fully saturated rings. The molecule has 5 rings (SSSR count). The minimum atomic E-state index is -1.09. The molecule has 4 N–H and O–H groups in total. The molecule has 0 aliphatic heterocycles. The standard InChI is InChI=1S/C23H20F3N3O2/c24-13-3-1-11(2-4-13)19-18(16-9-14(25)10-17(26)20(16)29-19)12-7-15(8-12)28-22(31)23(5-6-23)21(27)30/h1-4,9-10,12,15,29H,5-8H2,(H2,27,30)(H,28,31)/t12-,15-. The average molecular weight is 427 g/mol. The second kappa shape index (κ2) is 6.87. The summed E-state index contributed by atoms with van der Waals surface area (Å²) in [7, 11) is 0.